The van der Waals surface area contributed by atoms with E-state index in [0.717, 1.165) is 31.1 Å². The van der Waals surface area contributed by atoms with E-state index in [0.29, 0.717) is 5.56 Å². The minimum atomic E-state index is -0.310. The lowest BCUT2D eigenvalue weighted by molar-refractivity contribution is -0.00606. The molecule has 1 heterocycles. The smallest absolute Gasteiger partial charge is 0.338 e. The topological polar surface area (TPSA) is 26.3 Å². The van der Waals surface area contributed by atoms with E-state index in [1.807, 2.05) is 12.1 Å². The Labute approximate surface area is 206 Å². The van der Waals surface area contributed by atoms with Gasteiger partial charge < -0.3 is 4.74 Å². The lowest BCUT2D eigenvalue weighted by Crippen LogP contribution is -2.28. The molecule has 152 valence electrons. The maximum atomic E-state index is 12.9. The zero-order chi connectivity index (χ0) is 20.9. The number of rotatable bonds is 3. The number of hydrogen-bond acceptors (Lipinski definition) is 2. The molecule has 5 heteroatoms. The van der Waals surface area contributed by atoms with Crippen molar-refractivity contribution in [2.24, 2.45) is 0 Å². The van der Waals surface area contributed by atoms with E-state index >= 15 is 0 Å². The molecule has 30 heavy (non-hydrogen) atoms. The lowest BCUT2D eigenvalue weighted by atomic mass is 10.1. The fourth-order valence-corrected chi connectivity index (χ4v) is 9.05. The summed E-state index contributed by atoms with van der Waals surface area (Å²) in [6.45, 7) is 2.07. The average Bonchev–Trinajstić information content (AvgIpc) is 3.29. The van der Waals surface area contributed by atoms with Crippen LogP contribution in [0.2, 0.25) is 0 Å². The van der Waals surface area contributed by atoms with Crippen molar-refractivity contribution in [1.29, 1.82) is 0 Å². The molecule has 0 aliphatic heterocycles. The van der Waals surface area contributed by atoms with E-state index in [1.165, 1.54) is 26.8 Å². The quantitative estimate of drug-likeness (QED) is 0.128. The zero-order valence-corrected chi connectivity index (χ0v) is 21.7. The molecule has 0 bridgehead atoms. The van der Waals surface area contributed by atoms with Crippen LogP contribution in [0, 0.1) is 7.14 Å². The fraction of sp³-hybridized carbons (Fsp3) is 0.240. The van der Waals surface area contributed by atoms with Crippen molar-refractivity contribution in [3.05, 3.63) is 73.4 Å². The van der Waals surface area contributed by atoms with Crippen molar-refractivity contribution in [3.63, 3.8) is 0 Å². The molecule has 1 unspecified atom stereocenters. The number of thiophene rings is 1. The van der Waals surface area contributed by atoms with Crippen molar-refractivity contribution in [1.82, 2.24) is 0 Å². The Bertz CT molecular complexity index is 1290. The largest absolute Gasteiger partial charge is 0.456 e. The number of carbonyl (C=O) groups is 1. The van der Waals surface area contributed by atoms with Crippen LogP contribution >= 0.6 is 55.7 Å². The zero-order valence-electron chi connectivity index (χ0n) is 16.6. The third kappa shape index (κ3) is 3.66. The van der Waals surface area contributed by atoms with Gasteiger partial charge in [-0.05, 0) is 120 Å². The molecule has 0 spiro atoms. The fourth-order valence-electron chi connectivity index (χ4n) is 4.42. The summed E-state index contributed by atoms with van der Waals surface area (Å²) in [5.41, 5.74) is 0.342. The van der Waals surface area contributed by atoms with Crippen molar-refractivity contribution in [2.45, 2.75) is 38.2 Å². The summed E-state index contributed by atoms with van der Waals surface area (Å²) in [5, 5.41) is 2.39. The Morgan fingerprint density at radius 3 is 2.43 bits per heavy atom. The van der Waals surface area contributed by atoms with Gasteiger partial charge in [-0.25, -0.2) is 4.79 Å². The third-order valence-corrected chi connectivity index (χ3v) is 10.3. The van der Waals surface area contributed by atoms with Crippen LogP contribution in [-0.4, -0.2) is 11.6 Å². The highest BCUT2D eigenvalue weighted by molar-refractivity contribution is 14.1. The highest BCUT2D eigenvalue weighted by atomic mass is 127. The standard InChI is InChI=1S/C25H21I2O2S/c1-25(12-4-5-13-25)29-24(28)16-8-10-22-19(14-16)18-6-2-3-7-21(18)30(22)23-11-9-17(26)15-20(23)27/h2-3,6-11,14-15H,4-5,12-13H2,1H3/q+1. The third-order valence-electron chi connectivity index (χ3n) is 5.95. The maximum absolute atomic E-state index is 12.9. The van der Waals surface area contributed by atoms with E-state index in [4.69, 9.17) is 4.74 Å². The van der Waals surface area contributed by atoms with E-state index < -0.39 is 0 Å². The normalized spacial score (nSPS) is 16.3. The first-order valence-electron chi connectivity index (χ1n) is 10.1. The Morgan fingerprint density at radius 2 is 1.67 bits per heavy atom. The number of benzene rings is 3. The van der Waals surface area contributed by atoms with E-state index in [9.17, 15) is 4.79 Å². The Balaban J connectivity index is 1.66. The molecular formula is C25H21I2O2S+. The van der Waals surface area contributed by atoms with Crippen LogP contribution in [0.4, 0.5) is 0 Å². The SMILES string of the molecule is CC1(OC(=O)c2ccc3c(c2)c2ccccc2[s+]3-c2ccc(I)cc2I)CCCC1. The Hall–Kier alpha value is -1.19. The van der Waals surface area contributed by atoms with Gasteiger partial charge in [0.15, 0.2) is 14.3 Å². The van der Waals surface area contributed by atoms with Gasteiger partial charge in [0.1, 0.15) is 5.60 Å². The summed E-state index contributed by atoms with van der Waals surface area (Å²) in [6, 6.07) is 21.4. The monoisotopic (exact) mass is 639 g/mol. The molecule has 2 nitrogen and oxygen atoms in total. The summed E-state index contributed by atoms with van der Waals surface area (Å²) in [7, 11) is -0.157. The van der Waals surface area contributed by atoms with Crippen LogP contribution in [-0.2, 0) is 4.74 Å². The molecule has 1 saturated carbocycles. The number of carbonyl (C=O) groups excluding carboxylic acids is 1. The number of esters is 1. The van der Waals surface area contributed by atoms with Gasteiger partial charge in [-0.15, -0.1) is 0 Å². The van der Waals surface area contributed by atoms with Crippen LogP contribution in [0.25, 0.3) is 25.1 Å². The number of halogens is 2. The van der Waals surface area contributed by atoms with Gasteiger partial charge in [0.05, 0.1) is 9.13 Å². The average molecular weight is 639 g/mol. The first-order valence-corrected chi connectivity index (χ1v) is 13.5. The van der Waals surface area contributed by atoms with Gasteiger partial charge in [0.2, 0.25) is 0 Å². The van der Waals surface area contributed by atoms with Gasteiger partial charge in [-0.1, -0.05) is 12.1 Å². The molecule has 0 radical (unpaired) electrons. The summed E-state index contributed by atoms with van der Waals surface area (Å²) in [6.07, 6.45) is 4.19. The van der Waals surface area contributed by atoms with E-state index in [-0.39, 0.29) is 22.0 Å². The van der Waals surface area contributed by atoms with Crippen LogP contribution < -0.4 is 0 Å². The van der Waals surface area contributed by atoms with Crippen molar-refractivity contribution in [3.8, 4) is 4.90 Å². The highest BCUT2D eigenvalue weighted by Crippen LogP contribution is 2.50. The van der Waals surface area contributed by atoms with Gasteiger partial charge in [-0.3, -0.25) is 0 Å². The molecule has 0 amide bonds. The molecule has 1 fully saturated rings. The second-order valence-electron chi connectivity index (χ2n) is 8.13. The molecule has 1 aromatic heterocycles. The van der Waals surface area contributed by atoms with Crippen molar-refractivity contribution < 1.29 is 9.53 Å². The Kier molecular flexibility index (Phi) is 5.56. The van der Waals surface area contributed by atoms with Crippen LogP contribution in [0.1, 0.15) is 43.0 Å². The van der Waals surface area contributed by atoms with E-state index in [2.05, 4.69) is 101 Å². The minimum absolute atomic E-state index is 0.157. The van der Waals surface area contributed by atoms with Gasteiger partial charge in [-0.2, -0.15) is 0 Å². The molecule has 0 saturated heterocycles. The number of fused-ring (bicyclic) bond motifs is 3. The predicted molar refractivity (Wildman–Crippen MR) is 143 cm³/mol. The number of hydrogen-bond donors (Lipinski definition) is 0. The molecular weight excluding hydrogens is 618 g/mol. The molecule has 0 N–H and O–H groups in total. The predicted octanol–water partition coefficient (Wildman–Crippen LogP) is 8.43. The Morgan fingerprint density at radius 1 is 0.933 bits per heavy atom. The van der Waals surface area contributed by atoms with Gasteiger partial charge >= 0.3 is 5.97 Å². The molecule has 3 aromatic carbocycles. The summed E-state index contributed by atoms with van der Waals surface area (Å²) >= 11 is 4.81. The van der Waals surface area contributed by atoms with Crippen LogP contribution in [0.15, 0.2) is 60.7 Å². The molecule has 1 aliphatic rings. The first-order chi connectivity index (χ1) is 14.5. The lowest BCUT2D eigenvalue weighted by Gasteiger charge is -2.24. The summed E-state index contributed by atoms with van der Waals surface area (Å²) in [5.74, 6) is -0.199. The van der Waals surface area contributed by atoms with Gasteiger partial charge in [0, 0.05) is 30.9 Å². The number of ether oxygens (including phenoxy) is 1. The van der Waals surface area contributed by atoms with Crippen LogP contribution in [0.5, 0.6) is 0 Å². The molecule has 4 aromatic rings. The molecule has 5 rings (SSSR count). The first kappa shape index (κ1) is 20.7. The second kappa shape index (κ2) is 8.06. The molecule has 1 aliphatic carbocycles. The second-order valence-corrected chi connectivity index (χ2v) is 12.5. The summed E-state index contributed by atoms with van der Waals surface area (Å²) < 4.78 is 11.1. The van der Waals surface area contributed by atoms with Crippen molar-refractivity contribution in [2.75, 3.05) is 0 Å². The highest BCUT2D eigenvalue weighted by Gasteiger charge is 2.33. The van der Waals surface area contributed by atoms with E-state index in [1.54, 1.807) is 0 Å². The van der Waals surface area contributed by atoms with Crippen LogP contribution in [0.3, 0.4) is 0 Å². The van der Waals surface area contributed by atoms with Crippen molar-refractivity contribution >= 4 is 81.8 Å². The maximum Gasteiger partial charge on any atom is 0.338 e. The van der Waals surface area contributed by atoms with Gasteiger partial charge in [0.25, 0.3) is 0 Å². The minimum Gasteiger partial charge on any atom is -0.456 e. The molecule has 1 atom stereocenters. The summed E-state index contributed by atoms with van der Waals surface area (Å²) in [4.78, 5) is 14.3.